The molecule has 0 aliphatic rings. The Morgan fingerprint density at radius 3 is 3.00 bits per heavy atom. The molecule has 1 rings (SSSR count). The van der Waals surface area contributed by atoms with Gasteiger partial charge in [-0.25, -0.2) is 4.39 Å². The summed E-state index contributed by atoms with van der Waals surface area (Å²) in [5, 5.41) is 0. The van der Waals surface area contributed by atoms with Crippen LogP contribution in [0.4, 0.5) is 4.39 Å². The predicted molar refractivity (Wildman–Crippen MR) is 41.2 cm³/mol. The van der Waals surface area contributed by atoms with Crippen LogP contribution in [0, 0.1) is 5.82 Å². The van der Waals surface area contributed by atoms with Crippen molar-refractivity contribution in [2.24, 2.45) is 5.73 Å². The maximum Gasteiger partial charge on any atom is 0.141 e. The van der Waals surface area contributed by atoms with Gasteiger partial charge in [0.1, 0.15) is 5.82 Å². The summed E-state index contributed by atoms with van der Waals surface area (Å²) in [6.45, 7) is 0. The van der Waals surface area contributed by atoms with Crippen molar-refractivity contribution < 1.29 is 4.39 Å². The maximum atomic E-state index is 12.5. The minimum atomic E-state index is -0.312. The number of hydrogen-bond donors (Lipinski definition) is 1. The lowest BCUT2D eigenvalue weighted by Gasteiger charge is -1.93. The standard InChI is InChI=1S/C8H9FN2/c9-8-4-7(2-1-3-10)5-11-6-8/h1,3-6H,2,10H2/b3-1+. The summed E-state index contributed by atoms with van der Waals surface area (Å²) in [6.07, 6.45) is 6.60. The van der Waals surface area contributed by atoms with Crippen LogP contribution in [0.2, 0.25) is 0 Å². The van der Waals surface area contributed by atoms with Crippen LogP contribution in [0.5, 0.6) is 0 Å². The fraction of sp³-hybridized carbons (Fsp3) is 0.125. The number of pyridine rings is 1. The lowest BCUT2D eigenvalue weighted by Crippen LogP contribution is -1.86. The molecular weight excluding hydrogens is 143 g/mol. The van der Waals surface area contributed by atoms with Crippen LogP contribution < -0.4 is 5.73 Å². The third-order valence-electron chi connectivity index (χ3n) is 1.25. The quantitative estimate of drug-likeness (QED) is 0.692. The number of rotatable bonds is 2. The molecule has 0 unspecified atom stereocenters. The number of hydrogen-bond acceptors (Lipinski definition) is 2. The Morgan fingerprint density at radius 2 is 2.36 bits per heavy atom. The van der Waals surface area contributed by atoms with Gasteiger partial charge in [0.05, 0.1) is 6.20 Å². The van der Waals surface area contributed by atoms with E-state index in [2.05, 4.69) is 4.98 Å². The Kier molecular flexibility index (Phi) is 2.60. The van der Waals surface area contributed by atoms with Crippen molar-refractivity contribution in [1.82, 2.24) is 4.98 Å². The van der Waals surface area contributed by atoms with Crippen LogP contribution in [0.25, 0.3) is 0 Å². The lowest BCUT2D eigenvalue weighted by molar-refractivity contribution is 0.619. The Morgan fingerprint density at radius 1 is 1.55 bits per heavy atom. The summed E-state index contributed by atoms with van der Waals surface area (Å²) in [4.78, 5) is 3.69. The van der Waals surface area contributed by atoms with E-state index in [1.807, 2.05) is 0 Å². The molecule has 0 saturated heterocycles. The van der Waals surface area contributed by atoms with E-state index in [9.17, 15) is 4.39 Å². The molecule has 2 nitrogen and oxygen atoms in total. The third-order valence-corrected chi connectivity index (χ3v) is 1.25. The summed E-state index contributed by atoms with van der Waals surface area (Å²) in [5.74, 6) is -0.312. The number of nitrogens with zero attached hydrogens (tertiary/aromatic N) is 1. The molecule has 0 fully saturated rings. The number of nitrogens with two attached hydrogens (primary N) is 1. The number of halogens is 1. The molecule has 1 heterocycles. The minimum Gasteiger partial charge on any atom is -0.405 e. The van der Waals surface area contributed by atoms with Crippen molar-refractivity contribution in [2.75, 3.05) is 0 Å². The van der Waals surface area contributed by atoms with Crippen LogP contribution in [0.1, 0.15) is 5.56 Å². The van der Waals surface area contributed by atoms with E-state index in [0.29, 0.717) is 6.42 Å². The van der Waals surface area contributed by atoms with Crippen LogP contribution >= 0.6 is 0 Å². The normalized spacial score (nSPS) is 10.6. The molecule has 58 valence electrons. The fourth-order valence-electron chi connectivity index (χ4n) is 0.772. The second kappa shape index (κ2) is 3.71. The van der Waals surface area contributed by atoms with E-state index in [1.54, 1.807) is 12.3 Å². The molecule has 11 heavy (non-hydrogen) atoms. The van der Waals surface area contributed by atoms with Gasteiger partial charge in [-0.05, 0) is 24.3 Å². The first-order chi connectivity index (χ1) is 5.33. The van der Waals surface area contributed by atoms with Gasteiger partial charge in [-0.2, -0.15) is 0 Å². The van der Waals surface area contributed by atoms with Crippen LogP contribution in [-0.2, 0) is 6.42 Å². The van der Waals surface area contributed by atoms with Gasteiger partial charge in [-0.3, -0.25) is 4.98 Å². The van der Waals surface area contributed by atoms with E-state index < -0.39 is 0 Å². The Labute approximate surface area is 64.6 Å². The van der Waals surface area contributed by atoms with Crippen molar-refractivity contribution in [3.05, 3.63) is 42.1 Å². The monoisotopic (exact) mass is 152 g/mol. The molecule has 2 N–H and O–H groups in total. The highest BCUT2D eigenvalue weighted by Crippen LogP contribution is 2.01. The highest BCUT2D eigenvalue weighted by atomic mass is 19.1. The summed E-state index contributed by atoms with van der Waals surface area (Å²) in [7, 11) is 0. The van der Waals surface area contributed by atoms with E-state index >= 15 is 0 Å². The molecular formula is C8H9FN2. The van der Waals surface area contributed by atoms with Crippen molar-refractivity contribution in [3.8, 4) is 0 Å². The first-order valence-electron chi connectivity index (χ1n) is 3.29. The van der Waals surface area contributed by atoms with Gasteiger partial charge in [0.25, 0.3) is 0 Å². The van der Waals surface area contributed by atoms with E-state index in [4.69, 9.17) is 5.73 Å². The largest absolute Gasteiger partial charge is 0.405 e. The number of aromatic nitrogens is 1. The zero-order chi connectivity index (χ0) is 8.10. The van der Waals surface area contributed by atoms with Gasteiger partial charge in [0.2, 0.25) is 0 Å². The lowest BCUT2D eigenvalue weighted by atomic mass is 10.2. The molecule has 3 heteroatoms. The average Bonchev–Trinajstić information content (AvgIpc) is 2.01. The van der Waals surface area contributed by atoms with Gasteiger partial charge < -0.3 is 5.73 Å². The van der Waals surface area contributed by atoms with Gasteiger partial charge in [-0.1, -0.05) is 6.08 Å². The van der Waals surface area contributed by atoms with Crippen LogP contribution in [-0.4, -0.2) is 4.98 Å². The average molecular weight is 152 g/mol. The predicted octanol–water partition coefficient (Wildman–Crippen LogP) is 1.24. The smallest absolute Gasteiger partial charge is 0.141 e. The van der Waals surface area contributed by atoms with Crippen molar-refractivity contribution >= 4 is 0 Å². The van der Waals surface area contributed by atoms with Crippen molar-refractivity contribution in [3.63, 3.8) is 0 Å². The summed E-state index contributed by atoms with van der Waals surface area (Å²) < 4.78 is 12.5. The highest BCUT2D eigenvalue weighted by Gasteiger charge is 1.91. The van der Waals surface area contributed by atoms with Gasteiger partial charge in [-0.15, -0.1) is 0 Å². The van der Waals surface area contributed by atoms with Crippen LogP contribution in [0.3, 0.4) is 0 Å². The summed E-state index contributed by atoms with van der Waals surface area (Å²) >= 11 is 0. The molecule has 0 aliphatic heterocycles. The topological polar surface area (TPSA) is 38.9 Å². The first kappa shape index (κ1) is 7.72. The molecule has 0 saturated carbocycles. The molecule has 1 aromatic rings. The fourth-order valence-corrected chi connectivity index (χ4v) is 0.772. The second-order valence-corrected chi connectivity index (χ2v) is 2.14. The Balaban J connectivity index is 2.71. The molecule has 0 aromatic carbocycles. The van der Waals surface area contributed by atoms with Crippen molar-refractivity contribution in [2.45, 2.75) is 6.42 Å². The maximum absolute atomic E-state index is 12.5. The van der Waals surface area contributed by atoms with Gasteiger partial charge >= 0.3 is 0 Å². The van der Waals surface area contributed by atoms with Crippen molar-refractivity contribution in [1.29, 1.82) is 0 Å². The molecule has 0 atom stereocenters. The third kappa shape index (κ3) is 2.37. The molecule has 0 amide bonds. The zero-order valence-corrected chi connectivity index (χ0v) is 6.00. The minimum absolute atomic E-state index is 0.312. The molecule has 0 aliphatic carbocycles. The SMILES string of the molecule is N/C=C/Cc1cncc(F)c1. The Hall–Kier alpha value is -1.38. The molecule has 0 bridgehead atoms. The molecule has 1 aromatic heterocycles. The highest BCUT2D eigenvalue weighted by molar-refractivity contribution is 5.13. The zero-order valence-electron chi connectivity index (χ0n) is 6.00. The van der Waals surface area contributed by atoms with Gasteiger partial charge in [0, 0.05) is 6.20 Å². The summed E-state index contributed by atoms with van der Waals surface area (Å²) in [5.41, 5.74) is 5.95. The second-order valence-electron chi connectivity index (χ2n) is 2.14. The van der Waals surface area contributed by atoms with E-state index in [-0.39, 0.29) is 5.82 Å². The van der Waals surface area contributed by atoms with Crippen LogP contribution in [0.15, 0.2) is 30.7 Å². The Bertz CT molecular complexity index is 258. The van der Waals surface area contributed by atoms with E-state index in [0.717, 1.165) is 5.56 Å². The molecule has 0 spiro atoms. The van der Waals surface area contributed by atoms with E-state index in [1.165, 1.54) is 18.5 Å². The van der Waals surface area contributed by atoms with Gasteiger partial charge in [0.15, 0.2) is 0 Å². The molecule has 0 radical (unpaired) electrons. The summed E-state index contributed by atoms with van der Waals surface area (Å²) in [6, 6.07) is 1.44. The number of allylic oxidation sites excluding steroid dienone is 1. The first-order valence-corrected chi connectivity index (χ1v) is 3.29.